The lowest BCUT2D eigenvalue weighted by molar-refractivity contribution is -0.143. The molecule has 9 nitrogen and oxygen atoms in total. The van der Waals surface area contributed by atoms with E-state index in [4.69, 9.17) is 4.74 Å². The summed E-state index contributed by atoms with van der Waals surface area (Å²) >= 11 is 0. The van der Waals surface area contributed by atoms with Crippen LogP contribution in [0.2, 0.25) is 0 Å². The fourth-order valence-corrected chi connectivity index (χ4v) is 3.69. The third-order valence-electron chi connectivity index (χ3n) is 5.30. The van der Waals surface area contributed by atoms with Crippen LogP contribution in [-0.4, -0.2) is 48.7 Å². The van der Waals surface area contributed by atoms with Crippen molar-refractivity contribution < 1.29 is 9.53 Å². The molecule has 0 spiro atoms. The summed E-state index contributed by atoms with van der Waals surface area (Å²) < 4.78 is 9.07. The van der Waals surface area contributed by atoms with Crippen LogP contribution in [0.1, 0.15) is 38.9 Å². The number of hydrogen-bond acceptors (Lipinski definition) is 6. The number of ether oxygens (including phenoxy) is 1. The molecule has 0 saturated carbocycles. The van der Waals surface area contributed by atoms with E-state index in [9.17, 15) is 14.4 Å². The Bertz CT molecular complexity index is 971. The number of aromatic nitrogens is 4. The molecule has 2 aromatic heterocycles. The first-order chi connectivity index (χ1) is 12.8. The summed E-state index contributed by atoms with van der Waals surface area (Å²) in [7, 11) is 3.01. The zero-order chi connectivity index (χ0) is 19.7. The van der Waals surface area contributed by atoms with Gasteiger partial charge in [0.05, 0.1) is 13.2 Å². The molecule has 1 aliphatic rings. The summed E-state index contributed by atoms with van der Waals surface area (Å²) in [4.78, 5) is 44.0. The number of imidazole rings is 1. The van der Waals surface area contributed by atoms with Crippen molar-refractivity contribution in [2.75, 3.05) is 13.2 Å². The van der Waals surface area contributed by atoms with Crippen molar-refractivity contribution in [3.8, 4) is 0 Å². The normalized spacial score (nSPS) is 18.1. The number of hydrogen-bond donors (Lipinski definition) is 0. The molecule has 1 atom stereocenters. The van der Waals surface area contributed by atoms with Crippen LogP contribution in [0, 0.1) is 0 Å². The van der Waals surface area contributed by atoms with Crippen molar-refractivity contribution in [3.05, 3.63) is 26.7 Å². The molecule has 2 aromatic rings. The molecule has 3 heterocycles. The van der Waals surface area contributed by atoms with E-state index in [2.05, 4.69) is 16.8 Å². The van der Waals surface area contributed by atoms with Gasteiger partial charge in [-0.05, 0) is 33.2 Å². The minimum atomic E-state index is -0.456. The van der Waals surface area contributed by atoms with Crippen LogP contribution in [0.4, 0.5) is 0 Å². The zero-order valence-electron chi connectivity index (χ0n) is 16.4. The summed E-state index contributed by atoms with van der Waals surface area (Å²) in [6.45, 7) is 5.54. The third-order valence-corrected chi connectivity index (χ3v) is 5.30. The van der Waals surface area contributed by atoms with E-state index in [-0.39, 0.29) is 18.7 Å². The van der Waals surface area contributed by atoms with Gasteiger partial charge in [-0.1, -0.05) is 6.42 Å². The second-order valence-electron chi connectivity index (χ2n) is 7.11. The van der Waals surface area contributed by atoms with Crippen molar-refractivity contribution in [1.29, 1.82) is 0 Å². The van der Waals surface area contributed by atoms with Gasteiger partial charge in [-0.2, -0.15) is 0 Å². The van der Waals surface area contributed by atoms with Gasteiger partial charge >= 0.3 is 11.7 Å². The lowest BCUT2D eigenvalue weighted by Gasteiger charge is -2.32. The molecule has 1 saturated heterocycles. The lowest BCUT2D eigenvalue weighted by atomic mass is 10.0. The highest BCUT2D eigenvalue weighted by atomic mass is 16.5. The fourth-order valence-electron chi connectivity index (χ4n) is 3.69. The van der Waals surface area contributed by atoms with E-state index < -0.39 is 17.2 Å². The number of aryl methyl sites for hydroxylation is 1. The molecule has 0 radical (unpaired) electrons. The van der Waals surface area contributed by atoms with Gasteiger partial charge in [-0.3, -0.25) is 23.6 Å². The molecular formula is C18H27N5O4. The molecule has 0 aliphatic carbocycles. The third kappa shape index (κ3) is 3.55. The Morgan fingerprint density at radius 3 is 2.63 bits per heavy atom. The SMILES string of the molecule is CCOC(=O)Cn1c(CN2CCCCC2C)nc2c1c(=O)n(C)c(=O)n2C. The average molecular weight is 377 g/mol. The molecule has 1 fully saturated rings. The smallest absolute Gasteiger partial charge is 0.332 e. The van der Waals surface area contributed by atoms with E-state index >= 15 is 0 Å². The predicted octanol–water partition coefficient (Wildman–Crippen LogP) is 0.371. The van der Waals surface area contributed by atoms with E-state index in [0.717, 1.165) is 24.0 Å². The first-order valence-electron chi connectivity index (χ1n) is 9.40. The number of esters is 1. The number of rotatable bonds is 5. The number of carbonyl (C=O) groups excluding carboxylic acids is 1. The van der Waals surface area contributed by atoms with Gasteiger partial charge < -0.3 is 9.30 Å². The molecule has 0 bridgehead atoms. The van der Waals surface area contributed by atoms with Crippen molar-refractivity contribution in [1.82, 2.24) is 23.6 Å². The molecule has 1 aliphatic heterocycles. The van der Waals surface area contributed by atoms with Crippen molar-refractivity contribution in [2.24, 2.45) is 14.1 Å². The van der Waals surface area contributed by atoms with E-state index in [1.165, 1.54) is 18.0 Å². The fraction of sp³-hybridized carbons (Fsp3) is 0.667. The van der Waals surface area contributed by atoms with Crippen LogP contribution < -0.4 is 11.2 Å². The van der Waals surface area contributed by atoms with E-state index in [1.54, 1.807) is 18.5 Å². The Hall–Kier alpha value is -2.42. The topological polar surface area (TPSA) is 91.4 Å². The number of fused-ring (bicyclic) bond motifs is 1. The summed E-state index contributed by atoms with van der Waals surface area (Å²) in [6.07, 6.45) is 3.42. The Kier molecular flexibility index (Phi) is 5.50. The minimum absolute atomic E-state index is 0.102. The minimum Gasteiger partial charge on any atom is -0.465 e. The Morgan fingerprint density at radius 1 is 1.22 bits per heavy atom. The molecule has 27 heavy (non-hydrogen) atoms. The standard InChI is InChI=1S/C18H27N5O4/c1-5-27-14(24)11-23-13(10-22-9-7-6-8-12(22)2)19-16-15(23)17(25)21(4)18(26)20(16)3/h12H,5-11H2,1-4H3. The van der Waals surface area contributed by atoms with Gasteiger partial charge in [-0.25, -0.2) is 9.78 Å². The van der Waals surface area contributed by atoms with E-state index in [1.807, 2.05) is 0 Å². The van der Waals surface area contributed by atoms with Crippen molar-refractivity contribution >= 4 is 17.1 Å². The molecule has 0 aromatic carbocycles. The van der Waals surface area contributed by atoms with Gasteiger partial charge in [0.15, 0.2) is 11.2 Å². The maximum Gasteiger partial charge on any atom is 0.332 e. The van der Waals surface area contributed by atoms with Gasteiger partial charge in [-0.15, -0.1) is 0 Å². The van der Waals surface area contributed by atoms with Gasteiger partial charge in [0.25, 0.3) is 5.56 Å². The Balaban J connectivity index is 2.14. The van der Waals surface area contributed by atoms with Crippen LogP contribution in [0.5, 0.6) is 0 Å². The van der Waals surface area contributed by atoms with Crippen LogP contribution >= 0.6 is 0 Å². The summed E-state index contributed by atoms with van der Waals surface area (Å²) in [5, 5.41) is 0. The number of likely N-dealkylation sites (tertiary alicyclic amines) is 1. The van der Waals surface area contributed by atoms with Crippen LogP contribution in [0.25, 0.3) is 11.2 Å². The molecule has 9 heteroatoms. The number of nitrogens with zero attached hydrogens (tertiary/aromatic N) is 5. The highest BCUT2D eigenvalue weighted by molar-refractivity contribution is 5.76. The van der Waals surface area contributed by atoms with Gasteiger partial charge in [0, 0.05) is 20.1 Å². The largest absolute Gasteiger partial charge is 0.465 e. The van der Waals surface area contributed by atoms with Crippen molar-refractivity contribution in [2.45, 2.75) is 52.2 Å². The second-order valence-corrected chi connectivity index (χ2v) is 7.11. The number of carbonyl (C=O) groups is 1. The first kappa shape index (κ1) is 19.3. The average Bonchev–Trinajstić information content (AvgIpc) is 2.98. The maximum absolute atomic E-state index is 12.8. The van der Waals surface area contributed by atoms with Crippen LogP contribution in [0.15, 0.2) is 9.59 Å². The molecule has 0 N–H and O–H groups in total. The van der Waals surface area contributed by atoms with E-state index in [0.29, 0.717) is 24.1 Å². The monoisotopic (exact) mass is 377 g/mol. The highest BCUT2D eigenvalue weighted by Gasteiger charge is 2.25. The lowest BCUT2D eigenvalue weighted by Crippen LogP contribution is -2.38. The quantitative estimate of drug-likeness (QED) is 0.699. The molecular weight excluding hydrogens is 350 g/mol. The Labute approximate surface area is 157 Å². The van der Waals surface area contributed by atoms with Gasteiger partial charge in [0.1, 0.15) is 12.4 Å². The second kappa shape index (κ2) is 7.67. The molecule has 3 rings (SSSR count). The first-order valence-corrected chi connectivity index (χ1v) is 9.40. The summed E-state index contributed by atoms with van der Waals surface area (Å²) in [5.41, 5.74) is -0.339. The summed E-state index contributed by atoms with van der Waals surface area (Å²) in [5.74, 6) is 0.172. The molecule has 0 amide bonds. The molecule has 1 unspecified atom stereocenters. The number of piperidine rings is 1. The predicted molar refractivity (Wildman–Crippen MR) is 101 cm³/mol. The van der Waals surface area contributed by atoms with Crippen LogP contribution in [0.3, 0.4) is 0 Å². The van der Waals surface area contributed by atoms with Crippen molar-refractivity contribution in [3.63, 3.8) is 0 Å². The summed E-state index contributed by atoms with van der Waals surface area (Å²) in [6, 6.07) is 0.404. The highest BCUT2D eigenvalue weighted by Crippen LogP contribution is 2.20. The maximum atomic E-state index is 12.8. The van der Waals surface area contributed by atoms with Crippen LogP contribution in [-0.2, 0) is 36.7 Å². The van der Waals surface area contributed by atoms with Gasteiger partial charge in [0.2, 0.25) is 0 Å². The zero-order valence-corrected chi connectivity index (χ0v) is 16.4. The molecule has 148 valence electrons. The Morgan fingerprint density at radius 2 is 1.96 bits per heavy atom.